The fourth-order valence-electron chi connectivity index (χ4n) is 1.88. The van der Waals surface area contributed by atoms with Crippen LogP contribution in [0.4, 0.5) is 0 Å². The fourth-order valence-corrected chi connectivity index (χ4v) is 1.88. The molecule has 1 heterocycles. The summed E-state index contributed by atoms with van der Waals surface area (Å²) in [5.74, 6) is 0.194. The van der Waals surface area contributed by atoms with Gasteiger partial charge in [0, 0.05) is 19.7 Å². The Hall–Kier alpha value is -0.410. The minimum Gasteiger partial charge on any atom is -0.367 e. The number of hydrogen-bond acceptors (Lipinski definition) is 3. The molecule has 0 amide bonds. The Morgan fingerprint density at radius 3 is 2.43 bits per heavy atom. The number of ketones is 1. The van der Waals surface area contributed by atoms with Crippen LogP contribution >= 0.6 is 0 Å². The van der Waals surface area contributed by atoms with Gasteiger partial charge < -0.3 is 9.64 Å². The van der Waals surface area contributed by atoms with Crippen LogP contribution in [0.5, 0.6) is 0 Å². The average Bonchev–Trinajstić information content (AvgIpc) is 2.17. The van der Waals surface area contributed by atoms with Crippen molar-refractivity contribution >= 4 is 5.78 Å². The van der Waals surface area contributed by atoms with E-state index in [2.05, 4.69) is 18.9 Å². The second-order valence-corrected chi connectivity index (χ2v) is 4.20. The number of carbonyl (C=O) groups excluding carboxylic acids is 1. The molecule has 1 aliphatic rings. The number of nitrogens with zero attached hydrogens (tertiary/aromatic N) is 1. The molecule has 82 valence electrons. The first-order chi connectivity index (χ1) is 6.60. The molecule has 3 nitrogen and oxygen atoms in total. The molecule has 0 bridgehead atoms. The van der Waals surface area contributed by atoms with Gasteiger partial charge in [0.15, 0.2) is 5.78 Å². The van der Waals surface area contributed by atoms with E-state index >= 15 is 0 Å². The molecule has 1 rings (SSSR count). The fraction of sp³-hybridized carbons (Fsp3) is 0.909. The molecule has 0 aromatic rings. The van der Waals surface area contributed by atoms with E-state index in [4.69, 9.17) is 4.74 Å². The van der Waals surface area contributed by atoms with E-state index in [1.807, 2.05) is 0 Å². The van der Waals surface area contributed by atoms with E-state index < -0.39 is 5.60 Å². The number of carbonyl (C=O) groups is 1. The highest BCUT2D eigenvalue weighted by Gasteiger charge is 2.38. The highest BCUT2D eigenvalue weighted by Crippen LogP contribution is 2.27. The first-order valence-electron chi connectivity index (χ1n) is 5.44. The van der Waals surface area contributed by atoms with Crippen LogP contribution in [0.15, 0.2) is 0 Å². The summed E-state index contributed by atoms with van der Waals surface area (Å²) in [5, 5.41) is 0. The van der Waals surface area contributed by atoms with E-state index in [0.29, 0.717) is 6.61 Å². The molecule has 0 atom stereocenters. The zero-order chi connectivity index (χ0) is 10.6. The van der Waals surface area contributed by atoms with E-state index in [1.54, 1.807) is 6.92 Å². The van der Waals surface area contributed by atoms with Crippen molar-refractivity contribution in [3.63, 3.8) is 0 Å². The largest absolute Gasteiger partial charge is 0.367 e. The lowest BCUT2D eigenvalue weighted by molar-refractivity contribution is -0.149. The van der Waals surface area contributed by atoms with Gasteiger partial charge in [-0.05, 0) is 33.2 Å². The van der Waals surface area contributed by atoms with E-state index in [9.17, 15) is 4.79 Å². The summed E-state index contributed by atoms with van der Waals surface area (Å²) in [6.45, 7) is 6.35. The van der Waals surface area contributed by atoms with E-state index in [-0.39, 0.29) is 5.78 Å². The van der Waals surface area contributed by atoms with Crippen LogP contribution in [0.2, 0.25) is 0 Å². The highest BCUT2D eigenvalue weighted by molar-refractivity contribution is 5.85. The van der Waals surface area contributed by atoms with Crippen molar-refractivity contribution in [2.45, 2.75) is 38.7 Å². The summed E-state index contributed by atoms with van der Waals surface area (Å²) >= 11 is 0. The van der Waals surface area contributed by atoms with Crippen molar-refractivity contribution in [1.82, 2.24) is 4.90 Å². The highest BCUT2D eigenvalue weighted by atomic mass is 16.5. The third kappa shape index (κ3) is 2.55. The van der Waals surface area contributed by atoms with Gasteiger partial charge in [0.25, 0.3) is 0 Å². The zero-order valence-electron chi connectivity index (χ0n) is 9.51. The lowest BCUT2D eigenvalue weighted by Crippen LogP contribution is -2.49. The predicted molar refractivity (Wildman–Crippen MR) is 56.4 cm³/mol. The summed E-state index contributed by atoms with van der Waals surface area (Å²) in [5.41, 5.74) is -0.470. The topological polar surface area (TPSA) is 29.5 Å². The maximum absolute atomic E-state index is 11.6. The van der Waals surface area contributed by atoms with Crippen molar-refractivity contribution in [1.29, 1.82) is 0 Å². The number of likely N-dealkylation sites (tertiary alicyclic amines) is 1. The molecule has 0 radical (unpaired) electrons. The predicted octanol–water partition coefficient (Wildman–Crippen LogP) is 1.47. The SMILES string of the molecule is CCCOC1(C(C)=O)CCN(C)CC1. The molecular weight excluding hydrogens is 178 g/mol. The van der Waals surface area contributed by atoms with E-state index in [0.717, 1.165) is 32.4 Å². The minimum absolute atomic E-state index is 0.194. The van der Waals surface area contributed by atoms with Gasteiger partial charge in [-0.15, -0.1) is 0 Å². The van der Waals surface area contributed by atoms with Gasteiger partial charge in [0.2, 0.25) is 0 Å². The van der Waals surface area contributed by atoms with Gasteiger partial charge in [-0.1, -0.05) is 6.92 Å². The van der Waals surface area contributed by atoms with Crippen LogP contribution in [-0.2, 0) is 9.53 Å². The maximum Gasteiger partial charge on any atom is 0.161 e. The molecule has 3 heteroatoms. The lowest BCUT2D eigenvalue weighted by atomic mass is 9.87. The Morgan fingerprint density at radius 2 is 2.00 bits per heavy atom. The van der Waals surface area contributed by atoms with Crippen LogP contribution in [0.1, 0.15) is 33.1 Å². The van der Waals surface area contributed by atoms with Gasteiger partial charge in [0.05, 0.1) is 0 Å². The molecule has 1 fully saturated rings. The first-order valence-corrected chi connectivity index (χ1v) is 5.44. The van der Waals surface area contributed by atoms with Gasteiger partial charge in [-0.25, -0.2) is 0 Å². The summed E-state index contributed by atoms with van der Waals surface area (Å²) in [7, 11) is 2.09. The standard InChI is InChI=1S/C11H21NO2/c1-4-9-14-11(10(2)13)5-7-12(3)8-6-11/h4-9H2,1-3H3. The Kier molecular flexibility index (Phi) is 4.08. The number of ether oxygens (including phenoxy) is 1. The van der Waals surface area contributed by atoms with Crippen LogP contribution in [0, 0.1) is 0 Å². The smallest absolute Gasteiger partial charge is 0.161 e. The molecule has 14 heavy (non-hydrogen) atoms. The molecule has 0 aromatic heterocycles. The summed E-state index contributed by atoms with van der Waals surface area (Å²) in [6, 6.07) is 0. The van der Waals surface area contributed by atoms with Gasteiger partial charge in [-0.2, -0.15) is 0 Å². The molecule has 0 aliphatic carbocycles. The van der Waals surface area contributed by atoms with Crippen LogP contribution < -0.4 is 0 Å². The number of piperidine rings is 1. The zero-order valence-corrected chi connectivity index (χ0v) is 9.51. The number of Topliss-reactive ketones (excluding diaryl/α,β-unsaturated/α-hetero) is 1. The normalized spacial score (nSPS) is 22.2. The van der Waals surface area contributed by atoms with Crippen LogP contribution in [0.3, 0.4) is 0 Å². The first kappa shape index (κ1) is 11.7. The Balaban J connectivity index is 2.58. The second-order valence-electron chi connectivity index (χ2n) is 4.20. The summed E-state index contributed by atoms with van der Waals surface area (Å²) in [6.07, 6.45) is 2.67. The van der Waals surface area contributed by atoms with Crippen molar-refractivity contribution in [3.05, 3.63) is 0 Å². The molecule has 0 saturated carbocycles. The second kappa shape index (κ2) is 4.89. The van der Waals surface area contributed by atoms with Gasteiger partial charge in [-0.3, -0.25) is 4.79 Å². The molecule has 0 aromatic carbocycles. The van der Waals surface area contributed by atoms with Crippen LogP contribution in [0.25, 0.3) is 0 Å². The van der Waals surface area contributed by atoms with Gasteiger partial charge in [0.1, 0.15) is 5.60 Å². The van der Waals surface area contributed by atoms with Crippen molar-refractivity contribution < 1.29 is 9.53 Å². The number of hydrogen-bond donors (Lipinski definition) is 0. The molecule has 1 aliphatic heterocycles. The Bertz CT molecular complexity index is 190. The lowest BCUT2D eigenvalue weighted by Gasteiger charge is -2.38. The third-order valence-electron chi connectivity index (χ3n) is 3.02. The molecular formula is C11H21NO2. The molecule has 1 saturated heterocycles. The summed E-state index contributed by atoms with van der Waals surface area (Å²) < 4.78 is 5.75. The average molecular weight is 199 g/mol. The third-order valence-corrected chi connectivity index (χ3v) is 3.02. The molecule has 0 N–H and O–H groups in total. The summed E-state index contributed by atoms with van der Waals surface area (Å²) in [4.78, 5) is 13.8. The minimum atomic E-state index is -0.470. The van der Waals surface area contributed by atoms with Crippen molar-refractivity contribution in [2.75, 3.05) is 26.7 Å². The van der Waals surface area contributed by atoms with Crippen molar-refractivity contribution in [3.8, 4) is 0 Å². The van der Waals surface area contributed by atoms with E-state index in [1.165, 1.54) is 0 Å². The van der Waals surface area contributed by atoms with Crippen LogP contribution in [-0.4, -0.2) is 43.0 Å². The molecule has 0 spiro atoms. The Morgan fingerprint density at radius 1 is 1.43 bits per heavy atom. The quantitative estimate of drug-likeness (QED) is 0.686. The monoisotopic (exact) mass is 199 g/mol. The Labute approximate surface area is 86.4 Å². The maximum atomic E-state index is 11.6. The molecule has 0 unspecified atom stereocenters. The number of rotatable bonds is 4. The van der Waals surface area contributed by atoms with Crippen molar-refractivity contribution in [2.24, 2.45) is 0 Å². The van der Waals surface area contributed by atoms with Gasteiger partial charge >= 0.3 is 0 Å².